The first kappa shape index (κ1) is 12.8. The van der Waals surface area contributed by atoms with Crippen LogP contribution in [0.1, 0.15) is 23.0 Å². The molecule has 0 aliphatic rings. The third-order valence-corrected chi connectivity index (χ3v) is 3.16. The molecule has 4 nitrogen and oxygen atoms in total. The summed E-state index contributed by atoms with van der Waals surface area (Å²) in [5, 5.41) is 15.0. The molecule has 0 aliphatic heterocycles. The zero-order valence-electron chi connectivity index (χ0n) is 9.50. The summed E-state index contributed by atoms with van der Waals surface area (Å²) in [7, 11) is 0. The monoisotopic (exact) mass is 312 g/mol. The first-order chi connectivity index (χ1) is 8.52. The molecule has 0 atom stereocenters. The second-order valence-corrected chi connectivity index (χ2v) is 4.62. The Labute approximate surface area is 111 Å². The van der Waals surface area contributed by atoms with E-state index in [-0.39, 0.29) is 17.0 Å². The number of aromatic nitrogens is 2. The van der Waals surface area contributed by atoms with Crippen LogP contribution in [0.15, 0.2) is 22.7 Å². The molecule has 0 unspecified atom stereocenters. The first-order valence-electron chi connectivity index (χ1n) is 5.30. The largest absolute Gasteiger partial charge is 0.477 e. The number of H-pyrrole nitrogens is 1. The number of benzene rings is 1. The highest BCUT2D eigenvalue weighted by Gasteiger charge is 2.15. The standard InChI is InChI=1S/C12H10BrFN2O2/c1-2-6-3-7(11(14)8(13)4-6)9-5-10(12(17)18)16-15-9/h3-5H,2H2,1H3,(H,15,16)(H,17,18). The lowest BCUT2D eigenvalue weighted by Gasteiger charge is -2.05. The van der Waals surface area contributed by atoms with Gasteiger partial charge in [0.2, 0.25) is 0 Å². The van der Waals surface area contributed by atoms with E-state index >= 15 is 0 Å². The first-order valence-corrected chi connectivity index (χ1v) is 6.09. The van der Waals surface area contributed by atoms with Crippen molar-refractivity contribution < 1.29 is 14.3 Å². The number of carboxylic acids is 1. The highest BCUT2D eigenvalue weighted by molar-refractivity contribution is 9.10. The zero-order valence-corrected chi connectivity index (χ0v) is 11.1. The summed E-state index contributed by atoms with van der Waals surface area (Å²) in [6.45, 7) is 1.96. The predicted molar refractivity (Wildman–Crippen MR) is 68.0 cm³/mol. The maximum Gasteiger partial charge on any atom is 0.353 e. The Balaban J connectivity index is 2.55. The predicted octanol–water partition coefficient (Wildman–Crippen LogP) is 3.24. The Morgan fingerprint density at radius 1 is 1.50 bits per heavy atom. The number of halogens is 2. The second kappa shape index (κ2) is 4.89. The molecular formula is C12H10BrFN2O2. The summed E-state index contributed by atoms with van der Waals surface area (Å²) in [6, 6.07) is 4.68. The summed E-state index contributed by atoms with van der Waals surface area (Å²) in [5.41, 5.74) is 1.44. The molecule has 0 aliphatic carbocycles. The van der Waals surface area contributed by atoms with Crippen molar-refractivity contribution in [3.8, 4) is 11.3 Å². The molecule has 1 aromatic heterocycles. The average molecular weight is 313 g/mol. The number of nitrogens with one attached hydrogen (secondary N) is 1. The lowest BCUT2D eigenvalue weighted by Crippen LogP contribution is -1.95. The van der Waals surface area contributed by atoms with E-state index < -0.39 is 11.8 Å². The van der Waals surface area contributed by atoms with Crippen molar-refractivity contribution >= 4 is 21.9 Å². The Morgan fingerprint density at radius 3 is 2.78 bits per heavy atom. The van der Waals surface area contributed by atoms with Crippen LogP contribution >= 0.6 is 15.9 Å². The number of hydrogen-bond donors (Lipinski definition) is 2. The molecule has 1 aromatic carbocycles. The normalized spacial score (nSPS) is 10.6. The van der Waals surface area contributed by atoms with Gasteiger partial charge >= 0.3 is 5.97 Å². The van der Waals surface area contributed by atoms with Gasteiger partial charge in [0, 0.05) is 5.56 Å². The molecule has 18 heavy (non-hydrogen) atoms. The topological polar surface area (TPSA) is 66.0 Å². The Hall–Kier alpha value is -1.69. The number of hydrogen-bond acceptors (Lipinski definition) is 2. The molecule has 0 fully saturated rings. The molecule has 94 valence electrons. The molecule has 2 aromatic rings. The van der Waals surface area contributed by atoms with Crippen molar-refractivity contribution in [1.82, 2.24) is 10.2 Å². The van der Waals surface area contributed by atoms with Crippen LogP contribution in [0, 0.1) is 5.82 Å². The third kappa shape index (κ3) is 2.28. The third-order valence-electron chi connectivity index (χ3n) is 2.58. The molecule has 0 saturated heterocycles. The summed E-state index contributed by atoms with van der Waals surface area (Å²) >= 11 is 3.14. The lowest BCUT2D eigenvalue weighted by atomic mass is 10.1. The number of aryl methyl sites for hydroxylation is 1. The van der Waals surface area contributed by atoms with Crippen LogP contribution in [0.25, 0.3) is 11.3 Å². The molecule has 0 amide bonds. The minimum atomic E-state index is -1.13. The van der Waals surface area contributed by atoms with Crippen LogP contribution in [-0.4, -0.2) is 21.3 Å². The van der Waals surface area contributed by atoms with Crippen molar-refractivity contribution in [3.63, 3.8) is 0 Å². The van der Waals surface area contributed by atoms with Gasteiger partial charge in [-0.1, -0.05) is 6.92 Å². The van der Waals surface area contributed by atoms with Gasteiger partial charge in [0.1, 0.15) is 11.5 Å². The smallest absolute Gasteiger partial charge is 0.353 e. The fraction of sp³-hybridized carbons (Fsp3) is 0.167. The van der Waals surface area contributed by atoms with Gasteiger partial charge in [-0.05, 0) is 46.1 Å². The van der Waals surface area contributed by atoms with E-state index in [1.165, 1.54) is 6.07 Å². The minimum Gasteiger partial charge on any atom is -0.477 e. The van der Waals surface area contributed by atoms with Gasteiger partial charge in [0.15, 0.2) is 0 Å². The molecule has 2 N–H and O–H groups in total. The quantitative estimate of drug-likeness (QED) is 0.914. The molecule has 2 rings (SSSR count). The molecule has 0 bridgehead atoms. The van der Waals surface area contributed by atoms with E-state index in [1.54, 1.807) is 12.1 Å². The Kier molecular flexibility index (Phi) is 3.47. The van der Waals surface area contributed by atoms with Crippen LogP contribution in [0.3, 0.4) is 0 Å². The highest BCUT2D eigenvalue weighted by Crippen LogP contribution is 2.29. The number of rotatable bonds is 3. The zero-order chi connectivity index (χ0) is 13.3. The van der Waals surface area contributed by atoms with Crippen LogP contribution in [0.4, 0.5) is 4.39 Å². The molecule has 6 heteroatoms. The number of carboxylic acid groups (broad SMARTS) is 1. The van der Waals surface area contributed by atoms with Crippen LogP contribution in [-0.2, 0) is 6.42 Å². The van der Waals surface area contributed by atoms with Crippen LogP contribution < -0.4 is 0 Å². The van der Waals surface area contributed by atoms with Crippen molar-refractivity contribution in [1.29, 1.82) is 0 Å². The van der Waals surface area contributed by atoms with E-state index in [4.69, 9.17) is 5.11 Å². The minimum absolute atomic E-state index is 0.0672. The lowest BCUT2D eigenvalue weighted by molar-refractivity contribution is 0.0690. The van der Waals surface area contributed by atoms with Gasteiger partial charge in [-0.3, -0.25) is 5.10 Å². The van der Waals surface area contributed by atoms with Gasteiger partial charge in [0.05, 0.1) is 10.2 Å². The maximum absolute atomic E-state index is 14.0. The van der Waals surface area contributed by atoms with E-state index in [0.717, 1.165) is 12.0 Å². The van der Waals surface area contributed by atoms with Crippen molar-refractivity contribution in [2.45, 2.75) is 13.3 Å². The van der Waals surface area contributed by atoms with Gasteiger partial charge in [0.25, 0.3) is 0 Å². The van der Waals surface area contributed by atoms with Crippen molar-refractivity contribution in [2.24, 2.45) is 0 Å². The molecular weight excluding hydrogens is 303 g/mol. The maximum atomic E-state index is 14.0. The van der Waals surface area contributed by atoms with E-state index in [1.807, 2.05) is 6.92 Å². The van der Waals surface area contributed by atoms with Gasteiger partial charge < -0.3 is 5.11 Å². The fourth-order valence-electron chi connectivity index (χ4n) is 1.60. The Morgan fingerprint density at radius 2 is 2.22 bits per heavy atom. The number of aromatic carboxylic acids is 1. The summed E-state index contributed by atoms with van der Waals surface area (Å²) in [4.78, 5) is 10.7. The van der Waals surface area contributed by atoms with E-state index in [9.17, 15) is 9.18 Å². The van der Waals surface area contributed by atoms with E-state index in [2.05, 4.69) is 26.1 Å². The number of carbonyl (C=O) groups is 1. The summed E-state index contributed by atoms with van der Waals surface area (Å²) in [6.07, 6.45) is 0.752. The molecule has 0 radical (unpaired) electrons. The van der Waals surface area contributed by atoms with E-state index in [0.29, 0.717) is 4.47 Å². The van der Waals surface area contributed by atoms with Crippen LogP contribution in [0.2, 0.25) is 0 Å². The average Bonchev–Trinajstić information content (AvgIpc) is 2.82. The molecule has 0 spiro atoms. The van der Waals surface area contributed by atoms with Crippen molar-refractivity contribution in [3.05, 3.63) is 39.7 Å². The van der Waals surface area contributed by atoms with Gasteiger partial charge in [-0.2, -0.15) is 5.10 Å². The molecule has 1 heterocycles. The summed E-state index contributed by atoms with van der Waals surface area (Å²) < 4.78 is 14.3. The molecule has 0 saturated carbocycles. The van der Waals surface area contributed by atoms with Gasteiger partial charge in [-0.15, -0.1) is 0 Å². The number of nitrogens with zero attached hydrogens (tertiary/aromatic N) is 1. The second-order valence-electron chi connectivity index (χ2n) is 3.76. The Bertz CT molecular complexity index is 610. The number of aromatic amines is 1. The van der Waals surface area contributed by atoms with Crippen LogP contribution in [0.5, 0.6) is 0 Å². The SMILES string of the molecule is CCc1cc(Br)c(F)c(-c2cc(C(=O)O)[nH]n2)c1. The highest BCUT2D eigenvalue weighted by atomic mass is 79.9. The summed E-state index contributed by atoms with van der Waals surface area (Å²) in [5.74, 6) is -1.57. The fourth-order valence-corrected chi connectivity index (χ4v) is 2.11. The van der Waals surface area contributed by atoms with Crippen molar-refractivity contribution in [2.75, 3.05) is 0 Å². The van der Waals surface area contributed by atoms with Gasteiger partial charge in [-0.25, -0.2) is 9.18 Å².